The largest absolute Gasteiger partial charge is 0.381 e. The fourth-order valence-corrected chi connectivity index (χ4v) is 4.94. The summed E-state index contributed by atoms with van der Waals surface area (Å²) in [4.78, 5) is 21.1. The number of rotatable bonds is 4. The average molecular weight is 452 g/mol. The van der Waals surface area contributed by atoms with Gasteiger partial charge in [-0.05, 0) is 25.3 Å². The fraction of sp³-hybridized carbons (Fsp3) is 0.400. The number of alkyl halides is 2. The lowest BCUT2D eigenvalue weighted by Crippen LogP contribution is -2.34. The Labute approximate surface area is 179 Å². The Morgan fingerprint density at radius 3 is 2.71 bits per heavy atom. The molecular formula is C20H17ClF3N5O2. The molecule has 162 valence electrons. The number of hydrogen-bond donors (Lipinski definition) is 2. The van der Waals surface area contributed by atoms with Crippen molar-refractivity contribution in [1.82, 2.24) is 19.6 Å². The highest BCUT2D eigenvalue weighted by atomic mass is 35.5. The summed E-state index contributed by atoms with van der Waals surface area (Å²) in [5.41, 5.74) is 1.51. The second kappa shape index (κ2) is 7.16. The molecule has 0 aromatic carbocycles. The van der Waals surface area contributed by atoms with E-state index in [-0.39, 0.29) is 27.7 Å². The third-order valence-corrected chi connectivity index (χ3v) is 6.54. The second-order valence-corrected chi connectivity index (χ2v) is 8.46. The average Bonchev–Trinajstić information content (AvgIpc) is 3.24. The summed E-state index contributed by atoms with van der Waals surface area (Å²) in [6.45, 7) is 0. The molecule has 0 saturated heterocycles. The SMILES string of the molecule is O=C(Nc1cnc(C(O)C(F)F)c(Cl)c1)[C@@H]1CC2(CCC2)c2c1cnc1cc(F)nn21. The van der Waals surface area contributed by atoms with Gasteiger partial charge in [-0.25, -0.2) is 18.3 Å². The van der Waals surface area contributed by atoms with Crippen LogP contribution in [0.2, 0.25) is 5.02 Å². The van der Waals surface area contributed by atoms with Gasteiger partial charge in [-0.1, -0.05) is 18.0 Å². The second-order valence-electron chi connectivity index (χ2n) is 8.05. The predicted molar refractivity (Wildman–Crippen MR) is 105 cm³/mol. The molecule has 31 heavy (non-hydrogen) atoms. The first-order valence-corrected chi connectivity index (χ1v) is 10.1. The quantitative estimate of drug-likeness (QED) is 0.630. The monoisotopic (exact) mass is 451 g/mol. The van der Waals surface area contributed by atoms with E-state index in [4.69, 9.17) is 11.6 Å². The molecule has 1 saturated carbocycles. The molecule has 1 spiro atoms. The lowest BCUT2D eigenvalue weighted by molar-refractivity contribution is -0.117. The Morgan fingerprint density at radius 2 is 2.06 bits per heavy atom. The number of anilines is 1. The molecule has 0 bridgehead atoms. The Kier molecular flexibility index (Phi) is 4.67. The van der Waals surface area contributed by atoms with Gasteiger partial charge in [-0.2, -0.15) is 4.39 Å². The molecule has 2 N–H and O–H groups in total. The van der Waals surface area contributed by atoms with Crippen molar-refractivity contribution < 1.29 is 23.1 Å². The molecule has 1 fully saturated rings. The van der Waals surface area contributed by atoms with E-state index in [0.29, 0.717) is 17.6 Å². The lowest BCUT2D eigenvalue weighted by atomic mass is 9.66. The van der Waals surface area contributed by atoms with Gasteiger partial charge in [0.25, 0.3) is 6.43 Å². The highest BCUT2D eigenvalue weighted by Gasteiger charge is 2.52. The summed E-state index contributed by atoms with van der Waals surface area (Å²) in [7, 11) is 0. The molecule has 7 nitrogen and oxygen atoms in total. The molecule has 0 radical (unpaired) electrons. The third-order valence-electron chi connectivity index (χ3n) is 6.24. The summed E-state index contributed by atoms with van der Waals surface area (Å²) >= 11 is 5.97. The van der Waals surface area contributed by atoms with Crippen LogP contribution in [0.15, 0.2) is 24.5 Å². The molecule has 2 aliphatic carbocycles. The van der Waals surface area contributed by atoms with E-state index in [1.165, 1.54) is 22.8 Å². The number of hydrogen-bond acceptors (Lipinski definition) is 5. The van der Waals surface area contributed by atoms with Crippen molar-refractivity contribution in [2.24, 2.45) is 0 Å². The van der Waals surface area contributed by atoms with Crippen molar-refractivity contribution in [2.45, 2.75) is 49.5 Å². The van der Waals surface area contributed by atoms with Gasteiger partial charge in [0.05, 0.1) is 34.2 Å². The van der Waals surface area contributed by atoms with Crippen LogP contribution in [0.1, 0.15) is 54.7 Å². The normalized spacial score (nSPS) is 20.1. The minimum Gasteiger partial charge on any atom is -0.381 e. The first-order chi connectivity index (χ1) is 14.8. The van der Waals surface area contributed by atoms with Crippen molar-refractivity contribution in [3.63, 3.8) is 0 Å². The molecule has 3 heterocycles. The number of nitrogens with zero attached hydrogens (tertiary/aromatic N) is 4. The van der Waals surface area contributed by atoms with Crippen molar-refractivity contribution in [3.8, 4) is 0 Å². The minimum atomic E-state index is -3.03. The number of fused-ring (bicyclic) bond motifs is 4. The number of carbonyl (C=O) groups is 1. The zero-order valence-corrected chi connectivity index (χ0v) is 16.8. The maximum absolute atomic E-state index is 13.7. The molecule has 1 amide bonds. The number of halogens is 4. The van der Waals surface area contributed by atoms with Crippen molar-refractivity contribution in [2.75, 3.05) is 5.32 Å². The van der Waals surface area contributed by atoms with Crippen LogP contribution in [0.25, 0.3) is 5.65 Å². The number of carbonyl (C=O) groups excluding carboxylic acids is 1. The third kappa shape index (κ3) is 3.16. The number of aliphatic hydroxyl groups is 1. The summed E-state index contributed by atoms with van der Waals surface area (Å²) in [5.74, 6) is -1.50. The maximum atomic E-state index is 13.7. The molecule has 2 atom stereocenters. The van der Waals surface area contributed by atoms with Crippen molar-refractivity contribution in [1.29, 1.82) is 0 Å². The first kappa shape index (κ1) is 20.2. The fourth-order valence-electron chi connectivity index (χ4n) is 4.66. The van der Waals surface area contributed by atoms with Gasteiger partial charge in [0.2, 0.25) is 11.9 Å². The first-order valence-electron chi connectivity index (χ1n) is 9.76. The molecule has 1 unspecified atom stereocenters. The van der Waals surface area contributed by atoms with Gasteiger partial charge < -0.3 is 10.4 Å². The molecule has 11 heteroatoms. The van der Waals surface area contributed by atoms with Gasteiger partial charge in [-0.3, -0.25) is 9.78 Å². The number of aliphatic hydroxyl groups excluding tert-OH is 1. The van der Waals surface area contributed by atoms with Crippen LogP contribution < -0.4 is 5.32 Å². The van der Waals surface area contributed by atoms with Crippen LogP contribution in [0.5, 0.6) is 0 Å². The van der Waals surface area contributed by atoms with Gasteiger partial charge >= 0.3 is 0 Å². The Balaban J connectivity index is 1.45. The zero-order chi connectivity index (χ0) is 21.9. The smallest absolute Gasteiger partial charge is 0.269 e. The van der Waals surface area contributed by atoms with Gasteiger partial charge in [0.15, 0.2) is 11.8 Å². The van der Waals surface area contributed by atoms with Gasteiger partial charge in [0, 0.05) is 23.2 Å². The van der Waals surface area contributed by atoms with E-state index < -0.39 is 24.4 Å². The van der Waals surface area contributed by atoms with Crippen LogP contribution in [0.3, 0.4) is 0 Å². The molecular weight excluding hydrogens is 435 g/mol. The summed E-state index contributed by atoms with van der Waals surface area (Å²) in [5, 5.41) is 16.0. The Hall–Kier alpha value is -2.72. The van der Waals surface area contributed by atoms with Gasteiger partial charge in [-0.15, -0.1) is 5.10 Å². The van der Waals surface area contributed by atoms with Crippen LogP contribution >= 0.6 is 11.6 Å². The molecule has 3 aromatic heterocycles. The zero-order valence-electron chi connectivity index (χ0n) is 16.0. The summed E-state index contributed by atoms with van der Waals surface area (Å²) in [6, 6.07) is 2.52. The Bertz CT molecular complexity index is 1200. The molecule has 3 aromatic rings. The summed E-state index contributed by atoms with van der Waals surface area (Å²) < 4.78 is 40.7. The standard InChI is InChI=1S/C20H17ClF3N5O2/c21-12-4-9(7-26-15(12)16(30)18(23)24)27-19(31)10-6-20(2-1-3-20)17-11(10)8-25-14-5-13(22)28-29(14)17/h4-5,7-8,10,16,18,30H,1-3,6H2,(H,27,31)/t10-,16?/m1/s1. The predicted octanol–water partition coefficient (Wildman–Crippen LogP) is 3.76. The van der Waals surface area contributed by atoms with E-state index in [2.05, 4.69) is 20.4 Å². The van der Waals surface area contributed by atoms with Crippen molar-refractivity contribution >= 4 is 28.8 Å². The topological polar surface area (TPSA) is 92.4 Å². The van der Waals surface area contributed by atoms with Crippen LogP contribution in [0.4, 0.5) is 18.9 Å². The van der Waals surface area contributed by atoms with E-state index in [1.54, 1.807) is 6.20 Å². The Morgan fingerprint density at radius 1 is 1.29 bits per heavy atom. The van der Waals surface area contributed by atoms with Gasteiger partial charge in [0.1, 0.15) is 0 Å². The van der Waals surface area contributed by atoms with E-state index in [1.807, 2.05) is 0 Å². The number of amides is 1. The number of aromatic nitrogens is 4. The minimum absolute atomic E-state index is 0.178. The van der Waals surface area contributed by atoms with Crippen LogP contribution in [-0.2, 0) is 10.2 Å². The lowest BCUT2D eigenvalue weighted by Gasteiger charge is -2.39. The summed E-state index contributed by atoms with van der Waals surface area (Å²) in [6.07, 6.45) is 0.918. The van der Waals surface area contributed by atoms with Crippen molar-refractivity contribution in [3.05, 3.63) is 52.4 Å². The van der Waals surface area contributed by atoms with Crippen LogP contribution in [0, 0.1) is 5.95 Å². The highest BCUT2D eigenvalue weighted by molar-refractivity contribution is 6.31. The van der Waals surface area contributed by atoms with E-state index in [0.717, 1.165) is 25.0 Å². The molecule has 5 rings (SSSR count). The maximum Gasteiger partial charge on any atom is 0.269 e. The molecule has 2 aliphatic rings. The number of pyridine rings is 1. The van der Waals surface area contributed by atoms with E-state index in [9.17, 15) is 23.1 Å². The number of nitrogens with one attached hydrogen (secondary N) is 1. The molecule has 0 aliphatic heterocycles. The highest BCUT2D eigenvalue weighted by Crippen LogP contribution is 2.56. The van der Waals surface area contributed by atoms with Crippen LogP contribution in [-0.4, -0.2) is 37.0 Å². The van der Waals surface area contributed by atoms with E-state index >= 15 is 0 Å².